The summed E-state index contributed by atoms with van der Waals surface area (Å²) < 4.78 is 41.5. The molecule has 0 spiro atoms. The number of hydrogen-bond donors (Lipinski definition) is 0. The van der Waals surface area contributed by atoms with Gasteiger partial charge in [-0.3, -0.25) is 0 Å². The predicted octanol–water partition coefficient (Wildman–Crippen LogP) is 1.94. The van der Waals surface area contributed by atoms with Crippen LogP contribution in [0.4, 0.5) is 4.39 Å². The summed E-state index contributed by atoms with van der Waals surface area (Å²) in [4.78, 5) is 0. The minimum Gasteiger partial charge on any atom is -0.371 e. The molecule has 1 aromatic carbocycles. The number of halogens is 2. The highest BCUT2D eigenvalue weighted by Crippen LogP contribution is 2.24. The Morgan fingerprint density at radius 1 is 1.35 bits per heavy atom. The Hall–Kier alpha value is -0.210. The van der Waals surface area contributed by atoms with Gasteiger partial charge in [-0.25, -0.2) is 12.8 Å². The van der Waals surface area contributed by atoms with Crippen molar-refractivity contribution in [3.63, 3.8) is 0 Å². The van der Waals surface area contributed by atoms with E-state index in [0.29, 0.717) is 5.56 Å². The quantitative estimate of drug-likeness (QED) is 0.604. The molecular formula is C11H12FIO3S. The minimum absolute atomic E-state index is 0.0368. The van der Waals surface area contributed by atoms with Crippen molar-refractivity contribution in [3.05, 3.63) is 35.6 Å². The summed E-state index contributed by atoms with van der Waals surface area (Å²) in [5, 5.41) is 0. The molecule has 17 heavy (non-hydrogen) atoms. The Morgan fingerprint density at radius 3 is 2.65 bits per heavy atom. The highest BCUT2D eigenvalue weighted by Gasteiger charge is 2.36. The van der Waals surface area contributed by atoms with Gasteiger partial charge in [0.2, 0.25) is 0 Å². The third-order valence-corrected chi connectivity index (χ3v) is 6.19. The van der Waals surface area contributed by atoms with E-state index < -0.39 is 9.84 Å². The molecule has 2 rings (SSSR count). The second-order valence-corrected chi connectivity index (χ2v) is 7.79. The maximum atomic E-state index is 13.3. The molecule has 0 amide bonds. The van der Waals surface area contributed by atoms with Crippen molar-refractivity contribution >= 4 is 32.4 Å². The zero-order valence-corrected chi connectivity index (χ0v) is 11.9. The lowest BCUT2D eigenvalue weighted by atomic mass is 10.2. The smallest absolute Gasteiger partial charge is 0.154 e. The van der Waals surface area contributed by atoms with Gasteiger partial charge in [-0.2, -0.15) is 0 Å². The van der Waals surface area contributed by atoms with E-state index in [2.05, 4.69) is 22.6 Å². The van der Waals surface area contributed by atoms with Gasteiger partial charge in [0, 0.05) is 5.56 Å². The molecule has 0 saturated carbocycles. The van der Waals surface area contributed by atoms with Crippen LogP contribution in [0.1, 0.15) is 5.56 Å². The van der Waals surface area contributed by atoms with Crippen molar-refractivity contribution in [2.75, 3.05) is 11.5 Å². The SMILES string of the molecule is O=S1(=O)CC(I)C(OCc2ccccc2F)C1. The number of sulfone groups is 1. The molecule has 2 atom stereocenters. The number of alkyl halides is 1. The molecule has 0 radical (unpaired) electrons. The van der Waals surface area contributed by atoms with Gasteiger partial charge in [-0.15, -0.1) is 0 Å². The van der Waals surface area contributed by atoms with Crippen LogP contribution in [0, 0.1) is 5.82 Å². The van der Waals surface area contributed by atoms with E-state index in [1.54, 1.807) is 18.2 Å². The highest BCUT2D eigenvalue weighted by molar-refractivity contribution is 14.1. The Kier molecular flexibility index (Phi) is 4.04. The molecule has 1 aliphatic rings. The molecule has 1 saturated heterocycles. The van der Waals surface area contributed by atoms with Crippen molar-refractivity contribution in [3.8, 4) is 0 Å². The maximum Gasteiger partial charge on any atom is 0.154 e. The van der Waals surface area contributed by atoms with E-state index >= 15 is 0 Å². The van der Waals surface area contributed by atoms with Gasteiger partial charge < -0.3 is 4.74 Å². The van der Waals surface area contributed by atoms with E-state index in [1.165, 1.54) is 6.07 Å². The lowest BCUT2D eigenvalue weighted by molar-refractivity contribution is 0.0622. The van der Waals surface area contributed by atoms with Crippen molar-refractivity contribution in [1.82, 2.24) is 0 Å². The van der Waals surface area contributed by atoms with E-state index in [-0.39, 0.29) is 34.0 Å². The molecule has 1 fully saturated rings. The largest absolute Gasteiger partial charge is 0.371 e. The number of benzene rings is 1. The van der Waals surface area contributed by atoms with Crippen molar-refractivity contribution in [1.29, 1.82) is 0 Å². The summed E-state index contributed by atoms with van der Waals surface area (Å²) in [5.74, 6) is -0.136. The first kappa shape index (κ1) is 13.2. The van der Waals surface area contributed by atoms with E-state index in [1.807, 2.05) is 0 Å². The summed E-state index contributed by atoms with van der Waals surface area (Å²) in [5.41, 5.74) is 0.459. The molecule has 1 heterocycles. The molecule has 94 valence electrons. The summed E-state index contributed by atoms with van der Waals surface area (Å²) >= 11 is 2.07. The summed E-state index contributed by atoms with van der Waals surface area (Å²) in [6.07, 6.45) is -0.333. The average Bonchev–Trinajstić information content (AvgIpc) is 2.51. The summed E-state index contributed by atoms with van der Waals surface area (Å²) in [6.45, 7) is 0.117. The van der Waals surface area contributed by atoms with E-state index in [4.69, 9.17) is 4.74 Å². The maximum absolute atomic E-state index is 13.3. The molecule has 0 aromatic heterocycles. The predicted molar refractivity (Wildman–Crippen MR) is 71.4 cm³/mol. The van der Waals surface area contributed by atoms with Gasteiger partial charge in [0.1, 0.15) is 5.82 Å². The molecular weight excluding hydrogens is 358 g/mol. The molecule has 3 nitrogen and oxygen atoms in total. The molecule has 6 heteroatoms. The van der Waals surface area contributed by atoms with Crippen LogP contribution in [-0.4, -0.2) is 30.0 Å². The Morgan fingerprint density at radius 2 is 2.06 bits per heavy atom. The Labute approximate surface area is 113 Å². The van der Waals surface area contributed by atoms with Crippen LogP contribution >= 0.6 is 22.6 Å². The molecule has 1 aromatic rings. The zero-order valence-electron chi connectivity index (χ0n) is 8.97. The van der Waals surface area contributed by atoms with E-state index in [0.717, 1.165) is 0 Å². The molecule has 1 aliphatic heterocycles. The van der Waals surface area contributed by atoms with Crippen molar-refractivity contribution in [2.24, 2.45) is 0 Å². The topological polar surface area (TPSA) is 43.4 Å². The lowest BCUT2D eigenvalue weighted by Crippen LogP contribution is -2.22. The summed E-state index contributed by atoms with van der Waals surface area (Å²) in [6, 6.07) is 6.35. The third kappa shape index (κ3) is 3.38. The fraction of sp³-hybridized carbons (Fsp3) is 0.455. The zero-order chi connectivity index (χ0) is 12.5. The second kappa shape index (κ2) is 5.19. The normalized spacial score (nSPS) is 27.2. The third-order valence-electron chi connectivity index (χ3n) is 2.65. The van der Waals surface area contributed by atoms with Gasteiger partial charge in [0.15, 0.2) is 9.84 Å². The van der Waals surface area contributed by atoms with E-state index in [9.17, 15) is 12.8 Å². The van der Waals surface area contributed by atoms with Gasteiger partial charge >= 0.3 is 0 Å². The van der Waals surface area contributed by atoms with Gasteiger partial charge in [-0.05, 0) is 6.07 Å². The number of hydrogen-bond acceptors (Lipinski definition) is 3. The monoisotopic (exact) mass is 370 g/mol. The number of ether oxygens (including phenoxy) is 1. The molecule has 0 N–H and O–H groups in total. The molecule has 2 unspecified atom stereocenters. The van der Waals surface area contributed by atoms with Gasteiger partial charge in [-0.1, -0.05) is 40.8 Å². The van der Waals surface area contributed by atoms with Crippen LogP contribution in [0.15, 0.2) is 24.3 Å². The Bertz CT molecular complexity index is 503. The van der Waals surface area contributed by atoms with Crippen LogP contribution in [0.5, 0.6) is 0 Å². The fourth-order valence-electron chi connectivity index (χ4n) is 1.74. The van der Waals surface area contributed by atoms with Crippen molar-refractivity contribution in [2.45, 2.75) is 16.6 Å². The first-order chi connectivity index (χ1) is 7.98. The minimum atomic E-state index is -2.99. The van der Waals surface area contributed by atoms with Crippen LogP contribution in [0.2, 0.25) is 0 Å². The summed E-state index contributed by atoms with van der Waals surface area (Å²) in [7, 11) is -2.99. The average molecular weight is 370 g/mol. The fourth-order valence-corrected chi connectivity index (χ4v) is 5.85. The van der Waals surface area contributed by atoms with Gasteiger partial charge in [0.05, 0.1) is 28.1 Å². The Balaban J connectivity index is 1.98. The molecule has 0 aliphatic carbocycles. The van der Waals surface area contributed by atoms with Gasteiger partial charge in [0.25, 0.3) is 0 Å². The second-order valence-electron chi connectivity index (χ2n) is 4.03. The van der Waals surface area contributed by atoms with Crippen LogP contribution < -0.4 is 0 Å². The van der Waals surface area contributed by atoms with Crippen molar-refractivity contribution < 1.29 is 17.5 Å². The first-order valence-electron chi connectivity index (χ1n) is 5.17. The lowest BCUT2D eigenvalue weighted by Gasteiger charge is -2.13. The van der Waals surface area contributed by atoms with Crippen LogP contribution in [0.3, 0.4) is 0 Å². The van der Waals surface area contributed by atoms with Crippen LogP contribution in [-0.2, 0) is 21.2 Å². The number of rotatable bonds is 3. The highest BCUT2D eigenvalue weighted by atomic mass is 127. The standard InChI is InChI=1S/C11H12FIO3S/c12-9-4-2-1-3-8(9)5-16-11-7-17(14,15)6-10(11)13/h1-4,10-11H,5-7H2. The van der Waals surface area contributed by atoms with Crippen LogP contribution in [0.25, 0.3) is 0 Å². The molecule has 0 bridgehead atoms. The first-order valence-corrected chi connectivity index (χ1v) is 8.24.